The van der Waals surface area contributed by atoms with Crippen LogP contribution in [0.4, 0.5) is 11.4 Å². The number of carbonyl (C=O) groups excluding carboxylic acids is 2. The standard InChI is InChI=1S/C17H18ClN3O2/c1-10-6-7-15(13(18)8-10)21-16(22)9-20-14-5-3-4-12(11(14)2)17(19)23/h3-8,20H,9H2,1-2H3,(H2,19,23)(H,21,22). The van der Waals surface area contributed by atoms with Crippen molar-refractivity contribution in [2.75, 3.05) is 17.2 Å². The van der Waals surface area contributed by atoms with Gasteiger partial charge in [0.15, 0.2) is 0 Å². The second kappa shape index (κ2) is 7.15. The van der Waals surface area contributed by atoms with Crippen molar-refractivity contribution in [3.05, 3.63) is 58.1 Å². The lowest BCUT2D eigenvalue weighted by atomic mass is 10.1. The molecule has 0 fully saturated rings. The van der Waals surface area contributed by atoms with E-state index in [0.717, 1.165) is 5.56 Å². The van der Waals surface area contributed by atoms with E-state index in [1.165, 1.54) is 0 Å². The van der Waals surface area contributed by atoms with E-state index in [1.807, 2.05) is 13.0 Å². The summed E-state index contributed by atoms with van der Waals surface area (Å²) in [6, 6.07) is 10.6. The Morgan fingerprint density at radius 2 is 1.87 bits per heavy atom. The zero-order valence-electron chi connectivity index (χ0n) is 12.9. The van der Waals surface area contributed by atoms with Gasteiger partial charge in [0.25, 0.3) is 0 Å². The second-order valence-electron chi connectivity index (χ2n) is 5.23. The van der Waals surface area contributed by atoms with E-state index in [0.29, 0.717) is 27.5 Å². The fourth-order valence-electron chi connectivity index (χ4n) is 2.19. The number of hydrogen-bond acceptors (Lipinski definition) is 3. The first-order chi connectivity index (χ1) is 10.9. The van der Waals surface area contributed by atoms with Crippen LogP contribution in [0.15, 0.2) is 36.4 Å². The van der Waals surface area contributed by atoms with Crippen LogP contribution < -0.4 is 16.4 Å². The summed E-state index contributed by atoms with van der Waals surface area (Å²) in [5, 5.41) is 6.23. The lowest BCUT2D eigenvalue weighted by Crippen LogP contribution is -2.22. The van der Waals surface area contributed by atoms with Gasteiger partial charge in [0.1, 0.15) is 0 Å². The van der Waals surface area contributed by atoms with Crippen LogP contribution in [0.25, 0.3) is 0 Å². The van der Waals surface area contributed by atoms with Crippen molar-refractivity contribution in [3.8, 4) is 0 Å². The maximum absolute atomic E-state index is 12.0. The zero-order chi connectivity index (χ0) is 17.0. The van der Waals surface area contributed by atoms with Crippen molar-refractivity contribution in [2.24, 2.45) is 5.73 Å². The van der Waals surface area contributed by atoms with Gasteiger partial charge in [-0.2, -0.15) is 0 Å². The zero-order valence-corrected chi connectivity index (χ0v) is 13.7. The van der Waals surface area contributed by atoms with Crippen LogP contribution in [-0.4, -0.2) is 18.4 Å². The highest BCUT2D eigenvalue weighted by molar-refractivity contribution is 6.33. The average molecular weight is 332 g/mol. The Morgan fingerprint density at radius 1 is 1.13 bits per heavy atom. The van der Waals surface area contributed by atoms with E-state index >= 15 is 0 Å². The van der Waals surface area contributed by atoms with Crippen molar-refractivity contribution < 1.29 is 9.59 Å². The Morgan fingerprint density at radius 3 is 2.52 bits per heavy atom. The van der Waals surface area contributed by atoms with Crippen molar-refractivity contribution in [3.63, 3.8) is 0 Å². The van der Waals surface area contributed by atoms with E-state index in [1.54, 1.807) is 37.3 Å². The molecule has 0 bridgehead atoms. The van der Waals surface area contributed by atoms with Crippen LogP contribution in [0.5, 0.6) is 0 Å². The van der Waals surface area contributed by atoms with Crippen LogP contribution in [-0.2, 0) is 4.79 Å². The number of carbonyl (C=O) groups is 2. The first-order valence-electron chi connectivity index (χ1n) is 7.08. The highest BCUT2D eigenvalue weighted by Gasteiger charge is 2.10. The van der Waals surface area contributed by atoms with Crippen LogP contribution in [0.3, 0.4) is 0 Å². The molecule has 2 rings (SSSR count). The normalized spacial score (nSPS) is 10.2. The molecule has 6 heteroatoms. The Hall–Kier alpha value is -2.53. The van der Waals surface area contributed by atoms with E-state index in [-0.39, 0.29) is 12.5 Å². The van der Waals surface area contributed by atoms with Gasteiger partial charge in [-0.1, -0.05) is 23.7 Å². The summed E-state index contributed by atoms with van der Waals surface area (Å²) in [6.07, 6.45) is 0. The molecule has 5 nitrogen and oxygen atoms in total. The molecule has 0 aliphatic rings. The predicted molar refractivity (Wildman–Crippen MR) is 93.0 cm³/mol. The Balaban J connectivity index is 2.02. The molecule has 0 spiro atoms. The van der Waals surface area contributed by atoms with Gasteiger partial charge in [0.2, 0.25) is 11.8 Å². The summed E-state index contributed by atoms with van der Waals surface area (Å²) < 4.78 is 0. The summed E-state index contributed by atoms with van der Waals surface area (Å²) in [5.41, 5.74) is 8.71. The van der Waals surface area contributed by atoms with Crippen molar-refractivity contribution in [2.45, 2.75) is 13.8 Å². The number of primary amides is 1. The molecule has 2 aromatic carbocycles. The Bertz CT molecular complexity index is 759. The Labute approximate surface area is 139 Å². The second-order valence-corrected chi connectivity index (χ2v) is 5.63. The molecule has 0 unspecified atom stereocenters. The first-order valence-corrected chi connectivity index (χ1v) is 7.45. The number of aryl methyl sites for hydroxylation is 1. The van der Waals surface area contributed by atoms with E-state index in [4.69, 9.17) is 17.3 Å². The monoisotopic (exact) mass is 331 g/mol. The minimum absolute atomic E-state index is 0.0489. The predicted octanol–water partition coefficient (Wildman–Crippen LogP) is 3.11. The van der Waals surface area contributed by atoms with Crippen molar-refractivity contribution in [1.82, 2.24) is 0 Å². The Kier molecular flexibility index (Phi) is 5.24. The summed E-state index contributed by atoms with van der Waals surface area (Å²) in [4.78, 5) is 23.3. The maximum Gasteiger partial charge on any atom is 0.249 e. The SMILES string of the molecule is Cc1ccc(NC(=O)CNc2cccc(C(N)=O)c2C)c(Cl)c1. The molecular formula is C17H18ClN3O2. The molecule has 0 aromatic heterocycles. The highest BCUT2D eigenvalue weighted by Crippen LogP contribution is 2.23. The van der Waals surface area contributed by atoms with Gasteiger partial charge in [-0.05, 0) is 49.2 Å². The lowest BCUT2D eigenvalue weighted by Gasteiger charge is -2.12. The number of rotatable bonds is 5. The molecule has 23 heavy (non-hydrogen) atoms. The highest BCUT2D eigenvalue weighted by atomic mass is 35.5. The molecule has 120 valence electrons. The third kappa shape index (κ3) is 4.23. The van der Waals surface area contributed by atoms with Gasteiger partial charge in [-0.25, -0.2) is 0 Å². The average Bonchev–Trinajstić information content (AvgIpc) is 2.49. The van der Waals surface area contributed by atoms with Crippen molar-refractivity contribution in [1.29, 1.82) is 0 Å². The lowest BCUT2D eigenvalue weighted by molar-refractivity contribution is -0.114. The largest absolute Gasteiger partial charge is 0.376 e. The number of benzene rings is 2. The van der Waals surface area contributed by atoms with Gasteiger partial charge < -0.3 is 16.4 Å². The smallest absolute Gasteiger partial charge is 0.249 e. The minimum Gasteiger partial charge on any atom is -0.376 e. The molecule has 0 aliphatic carbocycles. The molecule has 0 heterocycles. The molecular weight excluding hydrogens is 314 g/mol. The summed E-state index contributed by atoms with van der Waals surface area (Å²) in [7, 11) is 0. The van der Waals surface area contributed by atoms with Crippen LogP contribution in [0.1, 0.15) is 21.5 Å². The maximum atomic E-state index is 12.0. The molecule has 0 atom stereocenters. The van der Waals surface area contributed by atoms with Crippen LogP contribution in [0, 0.1) is 13.8 Å². The molecule has 0 saturated heterocycles. The van der Waals surface area contributed by atoms with Crippen LogP contribution in [0.2, 0.25) is 5.02 Å². The number of amides is 2. The molecule has 4 N–H and O–H groups in total. The van der Waals surface area contributed by atoms with E-state index in [2.05, 4.69) is 10.6 Å². The molecule has 2 aromatic rings. The number of nitrogens with one attached hydrogen (secondary N) is 2. The summed E-state index contributed by atoms with van der Waals surface area (Å²) in [6.45, 7) is 3.75. The van der Waals surface area contributed by atoms with E-state index < -0.39 is 5.91 Å². The summed E-state index contributed by atoms with van der Waals surface area (Å²) >= 11 is 6.09. The van der Waals surface area contributed by atoms with Gasteiger partial charge in [0.05, 0.1) is 17.3 Å². The quantitative estimate of drug-likeness (QED) is 0.787. The third-order valence-corrected chi connectivity index (χ3v) is 3.75. The molecule has 0 saturated carbocycles. The fraction of sp³-hybridized carbons (Fsp3) is 0.176. The number of anilines is 2. The molecule has 0 radical (unpaired) electrons. The molecule has 0 aliphatic heterocycles. The van der Waals surface area contributed by atoms with Gasteiger partial charge in [-0.15, -0.1) is 0 Å². The third-order valence-electron chi connectivity index (χ3n) is 3.44. The van der Waals surface area contributed by atoms with Crippen LogP contribution >= 0.6 is 11.6 Å². The van der Waals surface area contributed by atoms with Gasteiger partial charge in [-0.3, -0.25) is 9.59 Å². The van der Waals surface area contributed by atoms with E-state index in [9.17, 15) is 9.59 Å². The van der Waals surface area contributed by atoms with Gasteiger partial charge in [0, 0.05) is 11.3 Å². The van der Waals surface area contributed by atoms with Crippen molar-refractivity contribution >= 4 is 34.8 Å². The first kappa shape index (κ1) is 16.8. The van der Waals surface area contributed by atoms with Gasteiger partial charge >= 0.3 is 0 Å². The minimum atomic E-state index is -0.498. The fourth-order valence-corrected chi connectivity index (χ4v) is 2.47. The molecule has 2 amide bonds. The summed E-state index contributed by atoms with van der Waals surface area (Å²) in [5.74, 6) is -0.735. The number of hydrogen-bond donors (Lipinski definition) is 3. The number of nitrogens with two attached hydrogens (primary N) is 1. The topological polar surface area (TPSA) is 84.2 Å². The number of halogens is 1.